The summed E-state index contributed by atoms with van der Waals surface area (Å²) in [4.78, 5) is 0. The molecule has 0 unspecified atom stereocenters. The second-order valence-corrected chi connectivity index (χ2v) is 7.91. The molecule has 0 atom stereocenters. The molecule has 0 saturated heterocycles. The van der Waals surface area contributed by atoms with E-state index in [-0.39, 0.29) is 0 Å². The first-order valence-corrected chi connectivity index (χ1v) is 9.86. The van der Waals surface area contributed by atoms with Crippen molar-refractivity contribution < 1.29 is 0 Å². The summed E-state index contributed by atoms with van der Waals surface area (Å²) in [6, 6.07) is 31.3. The molecule has 0 radical (unpaired) electrons. The van der Waals surface area contributed by atoms with Crippen molar-refractivity contribution in [2.75, 3.05) is 0 Å². The van der Waals surface area contributed by atoms with Crippen LogP contribution in [-0.4, -0.2) is 0 Å². The minimum Gasteiger partial charge on any atom is -0.0587 e. The maximum absolute atomic E-state index is 2.31. The highest BCUT2D eigenvalue weighted by Crippen LogP contribution is 2.32. The predicted molar refractivity (Wildman–Crippen MR) is 122 cm³/mol. The van der Waals surface area contributed by atoms with Gasteiger partial charge < -0.3 is 0 Å². The van der Waals surface area contributed by atoms with E-state index in [2.05, 4.69) is 113 Å². The summed E-state index contributed by atoms with van der Waals surface area (Å²) in [6.07, 6.45) is 0. The molecule has 0 bridgehead atoms. The van der Waals surface area contributed by atoms with Crippen molar-refractivity contribution in [1.29, 1.82) is 0 Å². The number of benzene rings is 4. The van der Waals surface area contributed by atoms with Crippen LogP contribution in [-0.2, 0) is 0 Å². The third kappa shape index (κ3) is 3.92. The molecule has 0 aliphatic carbocycles. The van der Waals surface area contributed by atoms with E-state index in [1.807, 2.05) is 0 Å². The van der Waals surface area contributed by atoms with Gasteiger partial charge in [-0.3, -0.25) is 0 Å². The molecule has 0 aliphatic heterocycles. The first-order valence-electron chi connectivity index (χ1n) is 9.86. The Morgan fingerprint density at radius 2 is 0.571 bits per heavy atom. The van der Waals surface area contributed by atoms with Gasteiger partial charge in [0.25, 0.3) is 0 Å². The Morgan fingerprint density at radius 1 is 0.286 bits per heavy atom. The van der Waals surface area contributed by atoms with E-state index < -0.39 is 0 Å². The van der Waals surface area contributed by atoms with E-state index >= 15 is 0 Å². The fourth-order valence-corrected chi connectivity index (χ4v) is 3.72. The summed E-state index contributed by atoms with van der Waals surface area (Å²) >= 11 is 0. The second-order valence-electron chi connectivity index (χ2n) is 7.91. The molecule has 0 amide bonds. The second kappa shape index (κ2) is 7.48. The minimum absolute atomic E-state index is 1.27. The van der Waals surface area contributed by atoms with Crippen LogP contribution in [0.25, 0.3) is 33.4 Å². The maximum Gasteiger partial charge on any atom is -0.0175 e. The molecular weight excluding hydrogens is 336 g/mol. The summed E-state index contributed by atoms with van der Waals surface area (Å²) in [7, 11) is 0. The van der Waals surface area contributed by atoms with Gasteiger partial charge in [0.2, 0.25) is 0 Å². The van der Waals surface area contributed by atoms with E-state index in [0.717, 1.165) is 0 Å². The number of rotatable bonds is 3. The Kier molecular flexibility index (Phi) is 4.88. The number of hydrogen-bond donors (Lipinski definition) is 0. The van der Waals surface area contributed by atoms with Gasteiger partial charge in [-0.1, -0.05) is 83.9 Å². The fourth-order valence-electron chi connectivity index (χ4n) is 3.72. The molecule has 138 valence electrons. The topological polar surface area (TPSA) is 0 Å². The first kappa shape index (κ1) is 18.3. The molecular formula is C28H26. The summed E-state index contributed by atoms with van der Waals surface area (Å²) in [6.45, 7) is 8.62. The molecule has 4 aromatic rings. The third-order valence-electron chi connectivity index (χ3n) is 5.26. The summed E-state index contributed by atoms with van der Waals surface area (Å²) in [5, 5.41) is 0. The predicted octanol–water partition coefficient (Wildman–Crippen LogP) is 7.92. The van der Waals surface area contributed by atoms with E-state index in [4.69, 9.17) is 0 Å². The van der Waals surface area contributed by atoms with E-state index in [1.165, 1.54) is 55.6 Å². The Morgan fingerprint density at radius 3 is 0.893 bits per heavy atom. The van der Waals surface area contributed by atoms with E-state index in [0.29, 0.717) is 0 Å². The zero-order valence-electron chi connectivity index (χ0n) is 17.1. The van der Waals surface area contributed by atoms with Crippen LogP contribution in [0.2, 0.25) is 0 Å². The zero-order valence-corrected chi connectivity index (χ0v) is 17.1. The molecule has 28 heavy (non-hydrogen) atoms. The van der Waals surface area contributed by atoms with Gasteiger partial charge in [0, 0.05) is 0 Å². The molecule has 0 spiro atoms. The van der Waals surface area contributed by atoms with Crippen molar-refractivity contribution >= 4 is 0 Å². The SMILES string of the molecule is Cc1ccc(-c2cc(C)cc(-c3cc(C)cc(-c4ccc(C)cc4)c3)c2)cc1. The Labute approximate surface area is 168 Å². The van der Waals surface area contributed by atoms with Crippen LogP contribution in [0, 0.1) is 27.7 Å². The zero-order chi connectivity index (χ0) is 19.7. The average Bonchev–Trinajstić information content (AvgIpc) is 2.68. The molecule has 0 heteroatoms. The van der Waals surface area contributed by atoms with Crippen molar-refractivity contribution in [3.63, 3.8) is 0 Å². The molecule has 4 aromatic carbocycles. The highest BCUT2D eigenvalue weighted by Gasteiger charge is 2.07. The van der Waals surface area contributed by atoms with Gasteiger partial charge in [0.05, 0.1) is 0 Å². The molecule has 0 N–H and O–H groups in total. The normalized spacial score (nSPS) is 10.9. The molecule has 0 heterocycles. The van der Waals surface area contributed by atoms with Gasteiger partial charge in [0.1, 0.15) is 0 Å². The largest absolute Gasteiger partial charge is 0.0587 e. The van der Waals surface area contributed by atoms with Crippen LogP contribution in [0.5, 0.6) is 0 Å². The van der Waals surface area contributed by atoms with Crippen LogP contribution in [0.4, 0.5) is 0 Å². The van der Waals surface area contributed by atoms with Gasteiger partial charge in [-0.05, 0) is 84.3 Å². The fraction of sp³-hybridized carbons (Fsp3) is 0.143. The minimum atomic E-state index is 1.27. The van der Waals surface area contributed by atoms with Crippen molar-refractivity contribution in [2.45, 2.75) is 27.7 Å². The highest BCUT2D eigenvalue weighted by atomic mass is 14.1. The number of aryl methyl sites for hydroxylation is 4. The van der Waals surface area contributed by atoms with Crippen molar-refractivity contribution in [2.24, 2.45) is 0 Å². The van der Waals surface area contributed by atoms with Crippen LogP contribution in [0.3, 0.4) is 0 Å². The lowest BCUT2D eigenvalue weighted by atomic mass is 9.93. The molecule has 0 aromatic heterocycles. The van der Waals surface area contributed by atoms with Crippen LogP contribution in [0.1, 0.15) is 22.3 Å². The lowest BCUT2D eigenvalue weighted by Crippen LogP contribution is -1.88. The summed E-state index contributed by atoms with van der Waals surface area (Å²) < 4.78 is 0. The lowest BCUT2D eigenvalue weighted by molar-refractivity contribution is 1.42. The summed E-state index contributed by atoms with van der Waals surface area (Å²) in [5.41, 5.74) is 12.8. The van der Waals surface area contributed by atoms with Crippen LogP contribution < -0.4 is 0 Å². The lowest BCUT2D eigenvalue weighted by Gasteiger charge is -2.12. The van der Waals surface area contributed by atoms with Gasteiger partial charge in [0.15, 0.2) is 0 Å². The van der Waals surface area contributed by atoms with Crippen molar-refractivity contribution in [3.05, 3.63) is 107 Å². The van der Waals surface area contributed by atoms with E-state index in [1.54, 1.807) is 0 Å². The van der Waals surface area contributed by atoms with E-state index in [9.17, 15) is 0 Å². The van der Waals surface area contributed by atoms with Gasteiger partial charge in [-0.2, -0.15) is 0 Å². The van der Waals surface area contributed by atoms with Gasteiger partial charge in [-0.15, -0.1) is 0 Å². The Bertz CT molecular complexity index is 1020. The average molecular weight is 363 g/mol. The Hall–Kier alpha value is -3.12. The number of hydrogen-bond acceptors (Lipinski definition) is 0. The highest BCUT2D eigenvalue weighted by molar-refractivity contribution is 5.78. The summed E-state index contributed by atoms with van der Waals surface area (Å²) in [5.74, 6) is 0. The van der Waals surface area contributed by atoms with Crippen molar-refractivity contribution in [3.8, 4) is 33.4 Å². The molecule has 4 rings (SSSR count). The van der Waals surface area contributed by atoms with Crippen molar-refractivity contribution in [1.82, 2.24) is 0 Å². The van der Waals surface area contributed by atoms with Gasteiger partial charge in [-0.25, -0.2) is 0 Å². The molecule has 0 saturated carbocycles. The Balaban J connectivity index is 1.80. The molecule has 0 aliphatic rings. The third-order valence-corrected chi connectivity index (χ3v) is 5.26. The van der Waals surface area contributed by atoms with Gasteiger partial charge >= 0.3 is 0 Å². The van der Waals surface area contributed by atoms with Crippen LogP contribution >= 0.6 is 0 Å². The standard InChI is InChI=1S/C28H26/c1-19-5-9-23(10-6-19)25-13-21(3)15-27(17-25)28-16-22(4)14-26(18-28)24-11-7-20(2)8-12-24/h5-18H,1-4H3. The first-order chi connectivity index (χ1) is 13.5. The quantitative estimate of drug-likeness (QED) is 0.347. The molecule has 0 nitrogen and oxygen atoms in total. The monoisotopic (exact) mass is 362 g/mol. The smallest absolute Gasteiger partial charge is 0.0175 e. The van der Waals surface area contributed by atoms with Crippen LogP contribution in [0.15, 0.2) is 84.9 Å². The molecule has 0 fully saturated rings. The maximum atomic E-state index is 2.31.